The van der Waals surface area contributed by atoms with Gasteiger partial charge in [0.15, 0.2) is 5.16 Å². The largest absolute Gasteiger partial charge is 0.468 e. The number of rotatable bonds is 5. The molecular formula is C10H12N2O5S. The van der Waals surface area contributed by atoms with Crippen molar-refractivity contribution in [3.63, 3.8) is 0 Å². The number of hydrogen-bond acceptors (Lipinski definition) is 7. The number of aromatic amines is 1. The number of esters is 2. The van der Waals surface area contributed by atoms with E-state index < -0.39 is 17.5 Å². The van der Waals surface area contributed by atoms with Crippen molar-refractivity contribution in [1.29, 1.82) is 0 Å². The van der Waals surface area contributed by atoms with E-state index in [9.17, 15) is 14.4 Å². The van der Waals surface area contributed by atoms with Gasteiger partial charge in [-0.05, 0) is 6.92 Å². The number of carbonyl (C=O) groups is 2. The molecule has 0 saturated heterocycles. The zero-order valence-electron chi connectivity index (χ0n) is 9.89. The van der Waals surface area contributed by atoms with Crippen LogP contribution in [0.1, 0.15) is 17.3 Å². The zero-order chi connectivity index (χ0) is 13.5. The van der Waals surface area contributed by atoms with Gasteiger partial charge in [0, 0.05) is 6.20 Å². The average Bonchev–Trinajstić information content (AvgIpc) is 2.36. The summed E-state index contributed by atoms with van der Waals surface area (Å²) in [6.07, 6.45) is 1.12. The molecule has 8 heteroatoms. The van der Waals surface area contributed by atoms with E-state index in [0.29, 0.717) is 0 Å². The lowest BCUT2D eigenvalue weighted by Gasteiger charge is -2.02. The number of methoxy groups -OCH3 is 1. The van der Waals surface area contributed by atoms with E-state index in [2.05, 4.69) is 19.4 Å². The predicted octanol–water partition coefficient (Wildman–Crippen LogP) is 0.212. The molecule has 1 aromatic rings. The molecule has 1 rings (SSSR count). The van der Waals surface area contributed by atoms with E-state index in [4.69, 9.17) is 0 Å². The maximum Gasteiger partial charge on any atom is 0.345 e. The van der Waals surface area contributed by atoms with Gasteiger partial charge in [0.1, 0.15) is 5.56 Å². The Morgan fingerprint density at radius 3 is 2.78 bits per heavy atom. The first-order valence-electron chi connectivity index (χ1n) is 5.04. The highest BCUT2D eigenvalue weighted by Crippen LogP contribution is 2.10. The molecule has 1 aromatic heterocycles. The van der Waals surface area contributed by atoms with Crippen molar-refractivity contribution in [2.75, 3.05) is 19.5 Å². The van der Waals surface area contributed by atoms with E-state index in [-0.39, 0.29) is 23.1 Å². The molecule has 0 amide bonds. The fraction of sp³-hybridized carbons (Fsp3) is 0.400. The lowest BCUT2D eigenvalue weighted by Crippen LogP contribution is -2.21. The van der Waals surface area contributed by atoms with Crippen molar-refractivity contribution >= 4 is 23.7 Å². The molecule has 0 saturated carbocycles. The molecule has 0 fully saturated rings. The lowest BCUT2D eigenvalue weighted by atomic mass is 10.3. The molecule has 0 aromatic carbocycles. The zero-order valence-corrected chi connectivity index (χ0v) is 10.7. The van der Waals surface area contributed by atoms with Crippen LogP contribution in [0.25, 0.3) is 0 Å². The quantitative estimate of drug-likeness (QED) is 0.465. The molecule has 1 N–H and O–H groups in total. The molecular weight excluding hydrogens is 260 g/mol. The number of thioether (sulfide) groups is 1. The lowest BCUT2D eigenvalue weighted by molar-refractivity contribution is -0.137. The number of carbonyl (C=O) groups excluding carboxylic acids is 2. The van der Waals surface area contributed by atoms with Crippen LogP contribution in [0.2, 0.25) is 0 Å². The third-order valence-electron chi connectivity index (χ3n) is 1.83. The minimum absolute atomic E-state index is 0.0260. The highest BCUT2D eigenvalue weighted by atomic mass is 32.2. The van der Waals surface area contributed by atoms with Crippen LogP contribution >= 0.6 is 11.8 Å². The van der Waals surface area contributed by atoms with Crippen molar-refractivity contribution in [3.05, 3.63) is 22.1 Å². The number of nitrogens with zero attached hydrogens (tertiary/aromatic N) is 1. The number of nitrogens with one attached hydrogen (secondary N) is 1. The maximum atomic E-state index is 11.5. The van der Waals surface area contributed by atoms with Crippen LogP contribution in [-0.2, 0) is 14.3 Å². The molecule has 98 valence electrons. The van der Waals surface area contributed by atoms with Crippen LogP contribution in [0.3, 0.4) is 0 Å². The molecule has 7 nitrogen and oxygen atoms in total. The van der Waals surface area contributed by atoms with Gasteiger partial charge in [-0.15, -0.1) is 0 Å². The smallest absolute Gasteiger partial charge is 0.345 e. The minimum atomic E-state index is -0.726. The first-order chi connectivity index (χ1) is 8.58. The van der Waals surface area contributed by atoms with Gasteiger partial charge >= 0.3 is 11.9 Å². The number of hydrogen-bond donors (Lipinski definition) is 1. The fourth-order valence-electron chi connectivity index (χ4n) is 0.992. The molecule has 0 aliphatic heterocycles. The SMILES string of the molecule is CCOC(=O)c1cnc(SCC(=O)OC)[nH]c1=O. The van der Waals surface area contributed by atoms with Crippen LogP contribution in [0.4, 0.5) is 0 Å². The Morgan fingerprint density at radius 1 is 1.50 bits per heavy atom. The van der Waals surface area contributed by atoms with Crippen molar-refractivity contribution < 1.29 is 19.1 Å². The summed E-state index contributed by atoms with van der Waals surface area (Å²) < 4.78 is 9.13. The van der Waals surface area contributed by atoms with E-state index in [0.717, 1.165) is 18.0 Å². The van der Waals surface area contributed by atoms with E-state index >= 15 is 0 Å². The Kier molecular flexibility index (Phi) is 5.37. The summed E-state index contributed by atoms with van der Waals surface area (Å²) in [4.78, 5) is 40.0. The minimum Gasteiger partial charge on any atom is -0.468 e. The van der Waals surface area contributed by atoms with Crippen LogP contribution in [0.5, 0.6) is 0 Å². The van der Waals surface area contributed by atoms with Crippen molar-refractivity contribution in [2.45, 2.75) is 12.1 Å². The van der Waals surface area contributed by atoms with E-state index in [1.165, 1.54) is 7.11 Å². The summed E-state index contributed by atoms with van der Waals surface area (Å²) in [6, 6.07) is 0. The van der Waals surface area contributed by atoms with Gasteiger partial charge < -0.3 is 14.5 Å². The number of H-pyrrole nitrogens is 1. The normalized spacial score (nSPS) is 9.89. The monoisotopic (exact) mass is 272 g/mol. The van der Waals surface area contributed by atoms with Gasteiger partial charge in [-0.2, -0.15) is 0 Å². The van der Waals surface area contributed by atoms with E-state index in [1.54, 1.807) is 6.92 Å². The first kappa shape index (κ1) is 14.2. The van der Waals surface area contributed by atoms with Gasteiger partial charge in [-0.1, -0.05) is 11.8 Å². The molecule has 0 unspecified atom stereocenters. The van der Waals surface area contributed by atoms with Crippen LogP contribution in [0.15, 0.2) is 16.1 Å². The molecule has 0 bridgehead atoms. The third kappa shape index (κ3) is 3.88. The van der Waals surface area contributed by atoms with Gasteiger partial charge in [0.05, 0.1) is 19.5 Å². The summed E-state index contributed by atoms with van der Waals surface area (Å²) in [5.74, 6) is -1.13. The number of aromatic nitrogens is 2. The molecule has 0 spiro atoms. The van der Waals surface area contributed by atoms with Crippen molar-refractivity contribution in [2.24, 2.45) is 0 Å². The summed E-state index contributed by atoms with van der Waals surface area (Å²) in [6.45, 7) is 1.82. The maximum absolute atomic E-state index is 11.5. The topological polar surface area (TPSA) is 98.3 Å². The van der Waals surface area contributed by atoms with Crippen LogP contribution < -0.4 is 5.56 Å². The highest BCUT2D eigenvalue weighted by Gasteiger charge is 2.13. The second-order valence-corrected chi connectivity index (χ2v) is 3.98. The molecule has 0 aliphatic rings. The van der Waals surface area contributed by atoms with E-state index in [1.807, 2.05) is 0 Å². The van der Waals surface area contributed by atoms with Gasteiger partial charge in [-0.25, -0.2) is 9.78 Å². The van der Waals surface area contributed by atoms with Crippen molar-refractivity contribution in [1.82, 2.24) is 9.97 Å². The third-order valence-corrected chi connectivity index (χ3v) is 2.69. The second-order valence-electron chi connectivity index (χ2n) is 3.02. The Hall–Kier alpha value is -1.83. The van der Waals surface area contributed by atoms with Gasteiger partial charge in [-0.3, -0.25) is 9.59 Å². The number of ether oxygens (including phenoxy) is 2. The molecule has 0 aliphatic carbocycles. The molecule has 1 heterocycles. The fourth-order valence-corrected chi connectivity index (χ4v) is 1.66. The Bertz CT molecular complexity index is 499. The average molecular weight is 272 g/mol. The predicted molar refractivity (Wildman–Crippen MR) is 63.6 cm³/mol. The Labute approximate surface area is 107 Å². The Balaban J connectivity index is 2.76. The summed E-state index contributed by atoms with van der Waals surface area (Å²) >= 11 is 1.01. The summed E-state index contributed by atoms with van der Waals surface area (Å²) in [5.41, 5.74) is -0.768. The molecule has 18 heavy (non-hydrogen) atoms. The van der Waals surface area contributed by atoms with Crippen LogP contribution in [-0.4, -0.2) is 41.4 Å². The summed E-state index contributed by atoms with van der Waals surface area (Å²) in [5, 5.41) is 0.235. The van der Waals surface area contributed by atoms with Crippen LogP contribution in [0, 0.1) is 0 Å². The van der Waals surface area contributed by atoms with Gasteiger partial charge in [0.25, 0.3) is 5.56 Å². The second kappa shape index (κ2) is 6.80. The molecule has 0 atom stereocenters. The Morgan fingerprint density at radius 2 is 2.22 bits per heavy atom. The van der Waals surface area contributed by atoms with Gasteiger partial charge in [0.2, 0.25) is 0 Å². The standard InChI is InChI=1S/C10H12N2O5S/c1-3-17-9(15)6-4-11-10(12-8(6)14)18-5-7(13)16-2/h4H,3,5H2,1-2H3,(H,11,12,14). The van der Waals surface area contributed by atoms with Crippen molar-refractivity contribution in [3.8, 4) is 0 Å². The summed E-state index contributed by atoms with van der Waals surface area (Å²) in [7, 11) is 1.27. The highest BCUT2D eigenvalue weighted by molar-refractivity contribution is 7.99. The molecule has 0 radical (unpaired) electrons. The first-order valence-corrected chi connectivity index (χ1v) is 6.03.